The molecule has 0 aliphatic carbocycles. The summed E-state index contributed by atoms with van der Waals surface area (Å²) in [4.78, 5) is 15.5. The molecule has 0 aromatic heterocycles. The Morgan fingerprint density at radius 2 is 1.68 bits per heavy atom. The van der Waals surface area contributed by atoms with Crippen LogP contribution in [0.3, 0.4) is 0 Å². The number of alkyl halides is 3. The molecule has 0 fully saturated rings. The molecule has 0 aromatic rings. The summed E-state index contributed by atoms with van der Waals surface area (Å²) in [7, 11) is 1.53. The Morgan fingerprint density at radius 1 is 1.09 bits per heavy atom. The molecular formula is C13H26F3IN4O. The maximum atomic E-state index is 12.0. The van der Waals surface area contributed by atoms with E-state index in [-0.39, 0.29) is 48.4 Å². The van der Waals surface area contributed by atoms with Gasteiger partial charge in [0.2, 0.25) is 5.91 Å². The molecule has 5 nitrogen and oxygen atoms in total. The molecule has 22 heavy (non-hydrogen) atoms. The van der Waals surface area contributed by atoms with Crippen molar-refractivity contribution in [3.05, 3.63) is 0 Å². The standard InChI is InChI=1S/C13H25F3N4O.HI/c1-12(2,3)20-10(21)9-19-11(17-4)18-8-6-5-7-13(14,15)16;/h5-9H2,1-4H3,(H,20,21)(H2,17,18,19);1H. The SMILES string of the molecule is CN=C(NCCCCC(F)(F)F)NCC(=O)NC(C)(C)C.I. The van der Waals surface area contributed by atoms with E-state index in [1.165, 1.54) is 7.05 Å². The zero-order valence-corrected chi connectivity index (χ0v) is 15.8. The van der Waals surface area contributed by atoms with Crippen LogP contribution in [-0.2, 0) is 4.79 Å². The Labute approximate surface area is 146 Å². The number of nitrogens with zero attached hydrogens (tertiary/aromatic N) is 1. The monoisotopic (exact) mass is 438 g/mol. The molecule has 0 bridgehead atoms. The summed E-state index contributed by atoms with van der Waals surface area (Å²) >= 11 is 0. The summed E-state index contributed by atoms with van der Waals surface area (Å²) in [6.45, 7) is 6.05. The third kappa shape index (κ3) is 15.6. The average Bonchev–Trinajstić information content (AvgIpc) is 2.29. The Morgan fingerprint density at radius 3 is 2.14 bits per heavy atom. The zero-order valence-electron chi connectivity index (χ0n) is 13.4. The number of rotatable bonds is 6. The van der Waals surface area contributed by atoms with Crippen LogP contribution in [0.2, 0.25) is 0 Å². The van der Waals surface area contributed by atoms with Crippen molar-refractivity contribution < 1.29 is 18.0 Å². The largest absolute Gasteiger partial charge is 0.389 e. The van der Waals surface area contributed by atoms with E-state index >= 15 is 0 Å². The van der Waals surface area contributed by atoms with Crippen molar-refractivity contribution in [3.8, 4) is 0 Å². The van der Waals surface area contributed by atoms with E-state index in [4.69, 9.17) is 0 Å². The van der Waals surface area contributed by atoms with Crippen LogP contribution < -0.4 is 16.0 Å². The van der Waals surface area contributed by atoms with Gasteiger partial charge >= 0.3 is 6.18 Å². The predicted molar refractivity (Wildman–Crippen MR) is 92.6 cm³/mol. The summed E-state index contributed by atoms with van der Waals surface area (Å²) in [6.07, 6.45) is -4.44. The first-order valence-corrected chi connectivity index (χ1v) is 6.86. The summed E-state index contributed by atoms with van der Waals surface area (Å²) < 4.78 is 35.9. The maximum Gasteiger partial charge on any atom is 0.389 e. The third-order valence-electron chi connectivity index (χ3n) is 2.33. The first kappa shape index (κ1) is 23.5. The van der Waals surface area contributed by atoms with E-state index in [1.54, 1.807) is 0 Å². The van der Waals surface area contributed by atoms with Gasteiger partial charge in [-0.3, -0.25) is 9.79 Å². The highest BCUT2D eigenvalue weighted by Crippen LogP contribution is 2.21. The maximum absolute atomic E-state index is 12.0. The number of amides is 1. The van der Waals surface area contributed by atoms with Crippen molar-refractivity contribution in [2.75, 3.05) is 20.1 Å². The van der Waals surface area contributed by atoms with Gasteiger partial charge in [0.1, 0.15) is 0 Å². The number of hydrogen-bond acceptors (Lipinski definition) is 2. The van der Waals surface area contributed by atoms with Crippen molar-refractivity contribution in [2.24, 2.45) is 4.99 Å². The molecule has 132 valence electrons. The molecule has 0 unspecified atom stereocenters. The number of hydrogen-bond donors (Lipinski definition) is 3. The second kappa shape index (κ2) is 10.9. The molecule has 9 heteroatoms. The number of carbonyl (C=O) groups is 1. The molecule has 0 atom stereocenters. The highest BCUT2D eigenvalue weighted by molar-refractivity contribution is 14.0. The molecule has 0 radical (unpaired) electrons. The lowest BCUT2D eigenvalue weighted by atomic mass is 10.1. The fourth-order valence-corrected chi connectivity index (χ4v) is 1.50. The van der Waals surface area contributed by atoms with Gasteiger partial charge in [0.15, 0.2) is 5.96 Å². The molecule has 0 saturated heterocycles. The lowest BCUT2D eigenvalue weighted by Gasteiger charge is -2.21. The number of nitrogens with one attached hydrogen (secondary N) is 3. The van der Waals surface area contributed by atoms with Gasteiger partial charge in [-0.25, -0.2) is 0 Å². The van der Waals surface area contributed by atoms with Gasteiger partial charge in [-0.1, -0.05) is 0 Å². The Bertz CT molecular complexity index is 354. The summed E-state index contributed by atoms with van der Waals surface area (Å²) in [5, 5.41) is 8.45. The van der Waals surface area contributed by atoms with Gasteiger partial charge in [-0.15, -0.1) is 24.0 Å². The number of halogens is 4. The molecule has 0 rings (SSSR count). The van der Waals surface area contributed by atoms with Crippen LogP contribution in [0.4, 0.5) is 13.2 Å². The highest BCUT2D eigenvalue weighted by atomic mass is 127. The Balaban J connectivity index is 0. The Kier molecular flexibility index (Phi) is 11.7. The van der Waals surface area contributed by atoms with Gasteiger partial charge in [0.05, 0.1) is 6.54 Å². The van der Waals surface area contributed by atoms with Gasteiger partial charge in [0, 0.05) is 25.6 Å². The number of carbonyl (C=O) groups excluding carboxylic acids is 1. The number of unbranched alkanes of at least 4 members (excludes halogenated alkanes) is 1. The molecular weight excluding hydrogens is 412 g/mol. The van der Waals surface area contributed by atoms with Crippen molar-refractivity contribution in [1.82, 2.24) is 16.0 Å². The van der Waals surface area contributed by atoms with Crippen LogP contribution in [0.15, 0.2) is 4.99 Å². The van der Waals surface area contributed by atoms with Gasteiger partial charge in [-0.05, 0) is 33.6 Å². The molecule has 0 aliphatic rings. The molecule has 0 saturated carbocycles. The zero-order chi connectivity index (χ0) is 16.5. The fraction of sp³-hybridized carbons (Fsp3) is 0.846. The second-order valence-electron chi connectivity index (χ2n) is 5.72. The van der Waals surface area contributed by atoms with E-state index in [9.17, 15) is 18.0 Å². The Hall–Kier alpha value is -0.740. The van der Waals surface area contributed by atoms with Crippen LogP contribution in [-0.4, -0.2) is 43.7 Å². The lowest BCUT2D eigenvalue weighted by Crippen LogP contribution is -2.48. The number of guanidine groups is 1. The van der Waals surface area contributed by atoms with E-state index < -0.39 is 12.6 Å². The molecule has 0 aromatic carbocycles. The summed E-state index contributed by atoms with van der Waals surface area (Å²) in [5.74, 6) is 0.216. The minimum atomic E-state index is -4.11. The average molecular weight is 438 g/mol. The fourth-order valence-electron chi connectivity index (χ4n) is 1.50. The van der Waals surface area contributed by atoms with Crippen LogP contribution in [0.1, 0.15) is 40.0 Å². The van der Waals surface area contributed by atoms with Crippen LogP contribution in [0.5, 0.6) is 0 Å². The first-order chi connectivity index (χ1) is 9.53. The van der Waals surface area contributed by atoms with Crippen molar-refractivity contribution in [2.45, 2.75) is 51.7 Å². The first-order valence-electron chi connectivity index (χ1n) is 6.86. The lowest BCUT2D eigenvalue weighted by molar-refractivity contribution is -0.135. The molecule has 0 spiro atoms. The quantitative estimate of drug-likeness (QED) is 0.258. The molecule has 1 amide bonds. The molecule has 3 N–H and O–H groups in total. The number of aliphatic imine (C=N–C) groups is 1. The van der Waals surface area contributed by atoms with Gasteiger partial charge < -0.3 is 16.0 Å². The van der Waals surface area contributed by atoms with E-state index in [1.807, 2.05) is 20.8 Å². The van der Waals surface area contributed by atoms with Crippen LogP contribution in [0.25, 0.3) is 0 Å². The van der Waals surface area contributed by atoms with Gasteiger partial charge in [0.25, 0.3) is 0 Å². The van der Waals surface area contributed by atoms with Crippen molar-refractivity contribution in [1.29, 1.82) is 0 Å². The van der Waals surface area contributed by atoms with Gasteiger partial charge in [-0.2, -0.15) is 13.2 Å². The van der Waals surface area contributed by atoms with Crippen molar-refractivity contribution in [3.63, 3.8) is 0 Å². The predicted octanol–water partition coefficient (Wildman–Crippen LogP) is 2.42. The van der Waals surface area contributed by atoms with E-state index in [2.05, 4.69) is 20.9 Å². The molecule has 0 heterocycles. The molecule has 0 aliphatic heterocycles. The summed E-state index contributed by atoms with van der Waals surface area (Å²) in [5.41, 5.74) is -0.312. The van der Waals surface area contributed by atoms with Crippen LogP contribution >= 0.6 is 24.0 Å². The van der Waals surface area contributed by atoms with E-state index in [0.29, 0.717) is 18.9 Å². The van der Waals surface area contributed by atoms with E-state index in [0.717, 1.165) is 0 Å². The third-order valence-corrected chi connectivity index (χ3v) is 2.33. The topological polar surface area (TPSA) is 65.5 Å². The summed E-state index contributed by atoms with van der Waals surface area (Å²) in [6, 6.07) is 0. The normalized spacial score (nSPS) is 12.4. The minimum absolute atomic E-state index is 0. The second-order valence-corrected chi connectivity index (χ2v) is 5.72. The minimum Gasteiger partial charge on any atom is -0.356 e. The highest BCUT2D eigenvalue weighted by Gasteiger charge is 2.25. The van der Waals surface area contributed by atoms with Crippen LogP contribution in [0, 0.1) is 0 Å². The van der Waals surface area contributed by atoms with Crippen molar-refractivity contribution >= 4 is 35.8 Å². The smallest absolute Gasteiger partial charge is 0.356 e.